The van der Waals surface area contributed by atoms with E-state index in [4.69, 9.17) is 0 Å². The summed E-state index contributed by atoms with van der Waals surface area (Å²) in [5.74, 6) is 0. The average molecular weight is 258 g/mol. The highest BCUT2D eigenvalue weighted by Gasteiger charge is 2.18. The van der Waals surface area contributed by atoms with Gasteiger partial charge >= 0.3 is 0 Å². The highest BCUT2D eigenvalue weighted by molar-refractivity contribution is 5.70. The van der Waals surface area contributed by atoms with Crippen LogP contribution >= 0.6 is 0 Å². The van der Waals surface area contributed by atoms with E-state index >= 15 is 0 Å². The Morgan fingerprint density at radius 2 is 1.53 bits per heavy atom. The summed E-state index contributed by atoms with van der Waals surface area (Å²) < 4.78 is 0. The second-order valence-corrected chi connectivity index (χ2v) is 6.04. The van der Waals surface area contributed by atoms with E-state index in [-0.39, 0.29) is 0 Å². The molecule has 0 aromatic heterocycles. The third-order valence-electron chi connectivity index (χ3n) is 4.57. The molecule has 0 bridgehead atoms. The lowest BCUT2D eigenvalue weighted by molar-refractivity contribution is 0.620. The summed E-state index contributed by atoms with van der Waals surface area (Å²) in [6.07, 6.45) is 11.0. The third kappa shape index (κ3) is 3.23. The lowest BCUT2D eigenvalue weighted by Gasteiger charge is -2.25. The van der Waals surface area contributed by atoms with Gasteiger partial charge in [0.2, 0.25) is 0 Å². The van der Waals surface area contributed by atoms with E-state index < -0.39 is 0 Å². The first-order valence-electron chi connectivity index (χ1n) is 8.04. The lowest BCUT2D eigenvalue weighted by atomic mass is 10.1. The molecule has 1 saturated heterocycles. The van der Waals surface area contributed by atoms with Gasteiger partial charge in [-0.2, -0.15) is 0 Å². The zero-order valence-electron chi connectivity index (χ0n) is 11.9. The van der Waals surface area contributed by atoms with Gasteiger partial charge in [-0.1, -0.05) is 37.8 Å². The second kappa shape index (κ2) is 6.31. The number of anilines is 2. The van der Waals surface area contributed by atoms with Gasteiger partial charge < -0.3 is 10.2 Å². The molecule has 2 heteroatoms. The monoisotopic (exact) mass is 258 g/mol. The fourth-order valence-corrected chi connectivity index (χ4v) is 3.47. The summed E-state index contributed by atoms with van der Waals surface area (Å²) in [5, 5.41) is 3.82. The number of nitrogens with zero attached hydrogens (tertiary/aromatic N) is 1. The zero-order chi connectivity index (χ0) is 12.9. The topological polar surface area (TPSA) is 15.3 Å². The van der Waals surface area contributed by atoms with Crippen molar-refractivity contribution in [1.29, 1.82) is 0 Å². The van der Waals surface area contributed by atoms with Gasteiger partial charge in [0, 0.05) is 19.1 Å². The van der Waals surface area contributed by atoms with E-state index in [1.165, 1.54) is 75.8 Å². The van der Waals surface area contributed by atoms with Crippen molar-refractivity contribution < 1.29 is 0 Å². The molecule has 0 radical (unpaired) electrons. The fraction of sp³-hybridized carbons (Fsp3) is 0.647. The van der Waals surface area contributed by atoms with Crippen LogP contribution in [0.3, 0.4) is 0 Å². The Morgan fingerprint density at radius 3 is 2.26 bits per heavy atom. The minimum absolute atomic E-state index is 0.686. The number of hydrogen-bond acceptors (Lipinski definition) is 2. The van der Waals surface area contributed by atoms with Crippen LogP contribution in [0.4, 0.5) is 11.4 Å². The molecule has 0 unspecified atom stereocenters. The normalized spacial score (nSPS) is 21.4. The van der Waals surface area contributed by atoms with Crippen LogP contribution in [0, 0.1) is 0 Å². The lowest BCUT2D eigenvalue weighted by Crippen LogP contribution is -2.23. The van der Waals surface area contributed by atoms with E-state index in [0.717, 1.165) is 0 Å². The van der Waals surface area contributed by atoms with Crippen LogP contribution in [0.15, 0.2) is 24.3 Å². The van der Waals surface area contributed by atoms with E-state index in [0.29, 0.717) is 6.04 Å². The van der Waals surface area contributed by atoms with Crippen molar-refractivity contribution >= 4 is 11.4 Å². The quantitative estimate of drug-likeness (QED) is 0.807. The number of nitrogens with one attached hydrogen (secondary N) is 1. The molecule has 0 atom stereocenters. The molecule has 1 aromatic rings. The Labute approximate surface area is 117 Å². The van der Waals surface area contributed by atoms with Crippen LogP contribution < -0.4 is 10.2 Å². The maximum absolute atomic E-state index is 3.82. The number of hydrogen-bond donors (Lipinski definition) is 1. The summed E-state index contributed by atoms with van der Waals surface area (Å²) in [4.78, 5) is 2.54. The molecule has 1 saturated carbocycles. The van der Waals surface area contributed by atoms with Crippen LogP contribution in [-0.2, 0) is 0 Å². The Bertz CT molecular complexity index is 388. The van der Waals surface area contributed by atoms with Crippen molar-refractivity contribution in [1.82, 2.24) is 0 Å². The highest BCUT2D eigenvalue weighted by atomic mass is 15.2. The SMILES string of the molecule is c1ccc(N2CCCC2)c(NC2CCCCCC2)c1. The summed E-state index contributed by atoms with van der Waals surface area (Å²) in [6.45, 7) is 2.45. The van der Waals surface area contributed by atoms with Crippen molar-refractivity contribution in [2.75, 3.05) is 23.3 Å². The Morgan fingerprint density at radius 1 is 0.842 bits per heavy atom. The standard InChI is InChI=1S/C17H26N2/c1-2-4-10-15(9-3-1)18-16-11-5-6-12-17(16)19-13-7-8-14-19/h5-6,11-12,15,18H,1-4,7-10,13-14H2. The highest BCUT2D eigenvalue weighted by Crippen LogP contribution is 2.31. The van der Waals surface area contributed by atoms with Gasteiger partial charge in [0.25, 0.3) is 0 Å². The zero-order valence-corrected chi connectivity index (χ0v) is 11.9. The summed E-state index contributed by atoms with van der Waals surface area (Å²) >= 11 is 0. The van der Waals surface area contributed by atoms with E-state index in [1.807, 2.05) is 0 Å². The Kier molecular flexibility index (Phi) is 4.27. The van der Waals surface area contributed by atoms with Gasteiger partial charge in [0.15, 0.2) is 0 Å². The molecule has 1 aromatic carbocycles. The van der Waals surface area contributed by atoms with Crippen molar-refractivity contribution in [3.8, 4) is 0 Å². The van der Waals surface area contributed by atoms with Gasteiger partial charge in [0.05, 0.1) is 11.4 Å². The molecule has 0 spiro atoms. The van der Waals surface area contributed by atoms with Crippen molar-refractivity contribution in [3.05, 3.63) is 24.3 Å². The van der Waals surface area contributed by atoms with Gasteiger partial charge in [-0.25, -0.2) is 0 Å². The smallest absolute Gasteiger partial charge is 0.0602 e. The Hall–Kier alpha value is -1.18. The van der Waals surface area contributed by atoms with E-state index in [1.54, 1.807) is 0 Å². The van der Waals surface area contributed by atoms with E-state index in [9.17, 15) is 0 Å². The molecule has 2 fully saturated rings. The van der Waals surface area contributed by atoms with Crippen LogP contribution in [-0.4, -0.2) is 19.1 Å². The first kappa shape index (κ1) is 12.8. The molecule has 2 nitrogen and oxygen atoms in total. The predicted octanol–water partition coefficient (Wildman–Crippen LogP) is 4.42. The van der Waals surface area contributed by atoms with Crippen LogP contribution in [0.25, 0.3) is 0 Å². The maximum atomic E-state index is 3.82. The van der Waals surface area contributed by atoms with Crippen molar-refractivity contribution in [3.63, 3.8) is 0 Å². The van der Waals surface area contributed by atoms with Crippen molar-refractivity contribution in [2.45, 2.75) is 57.4 Å². The van der Waals surface area contributed by atoms with E-state index in [2.05, 4.69) is 34.5 Å². The molecule has 3 rings (SSSR count). The van der Waals surface area contributed by atoms with Crippen LogP contribution in [0.2, 0.25) is 0 Å². The van der Waals surface area contributed by atoms with Crippen LogP contribution in [0.5, 0.6) is 0 Å². The number of benzene rings is 1. The van der Waals surface area contributed by atoms with Crippen LogP contribution in [0.1, 0.15) is 51.4 Å². The largest absolute Gasteiger partial charge is 0.381 e. The predicted molar refractivity (Wildman–Crippen MR) is 83.0 cm³/mol. The molecule has 104 valence electrons. The molecular weight excluding hydrogens is 232 g/mol. The molecule has 19 heavy (non-hydrogen) atoms. The number of para-hydroxylation sites is 2. The first-order chi connectivity index (χ1) is 9.43. The van der Waals surface area contributed by atoms with Gasteiger partial charge in [-0.3, -0.25) is 0 Å². The molecular formula is C17H26N2. The molecule has 1 aliphatic heterocycles. The minimum atomic E-state index is 0.686. The molecule has 2 aliphatic rings. The number of rotatable bonds is 3. The first-order valence-corrected chi connectivity index (χ1v) is 8.04. The van der Waals surface area contributed by atoms with Gasteiger partial charge in [0.1, 0.15) is 0 Å². The fourth-order valence-electron chi connectivity index (χ4n) is 3.47. The summed E-state index contributed by atoms with van der Waals surface area (Å²) in [7, 11) is 0. The Balaban J connectivity index is 1.72. The van der Waals surface area contributed by atoms with Gasteiger partial charge in [-0.05, 0) is 37.8 Å². The van der Waals surface area contributed by atoms with Crippen molar-refractivity contribution in [2.24, 2.45) is 0 Å². The molecule has 1 heterocycles. The second-order valence-electron chi connectivity index (χ2n) is 6.04. The average Bonchev–Trinajstić information content (AvgIpc) is 2.85. The molecule has 1 aliphatic carbocycles. The summed E-state index contributed by atoms with van der Waals surface area (Å²) in [5.41, 5.74) is 2.78. The molecule has 0 amide bonds. The molecule has 1 N–H and O–H groups in total. The minimum Gasteiger partial charge on any atom is -0.381 e. The summed E-state index contributed by atoms with van der Waals surface area (Å²) in [6, 6.07) is 9.57. The van der Waals surface area contributed by atoms with Gasteiger partial charge in [-0.15, -0.1) is 0 Å². The maximum Gasteiger partial charge on any atom is 0.0602 e. The third-order valence-corrected chi connectivity index (χ3v) is 4.57.